The number of nitrogens with two attached hydrogens (primary N) is 1. The van der Waals surface area contributed by atoms with Crippen molar-refractivity contribution in [2.24, 2.45) is 10.7 Å². The quantitative estimate of drug-likeness (QED) is 0.417. The molecule has 116 valence electrons. The summed E-state index contributed by atoms with van der Waals surface area (Å²) in [6, 6.07) is 0. The van der Waals surface area contributed by atoms with E-state index in [4.69, 9.17) is 15.2 Å². The van der Waals surface area contributed by atoms with Crippen molar-refractivity contribution in [2.45, 2.75) is 18.4 Å². The van der Waals surface area contributed by atoms with E-state index in [-0.39, 0.29) is 29.5 Å². The van der Waals surface area contributed by atoms with Crippen LogP contribution in [0.3, 0.4) is 0 Å². The molecule has 20 heavy (non-hydrogen) atoms. The smallest absolute Gasteiger partial charge is 0.191 e. The van der Waals surface area contributed by atoms with Gasteiger partial charge in [-0.15, -0.1) is 24.0 Å². The van der Waals surface area contributed by atoms with E-state index >= 15 is 0 Å². The maximum Gasteiger partial charge on any atom is 0.191 e. The Morgan fingerprint density at radius 3 is 2.10 bits per heavy atom. The molecule has 0 atom stereocenters. The fourth-order valence-electron chi connectivity index (χ4n) is 2.88. The van der Waals surface area contributed by atoms with Gasteiger partial charge in [0.15, 0.2) is 5.96 Å². The van der Waals surface area contributed by atoms with Gasteiger partial charge in [0.2, 0.25) is 0 Å². The maximum absolute atomic E-state index is 6.09. The third-order valence-electron chi connectivity index (χ3n) is 4.38. The van der Waals surface area contributed by atoms with Gasteiger partial charge in [0.05, 0.1) is 33.0 Å². The largest absolute Gasteiger partial charge is 0.379 e. The number of guanidine groups is 1. The van der Waals surface area contributed by atoms with Crippen molar-refractivity contribution in [3.63, 3.8) is 0 Å². The minimum Gasteiger partial charge on any atom is -0.379 e. The Balaban J connectivity index is 0.00000147. The fraction of sp³-hybridized carbons (Fsp3) is 0.923. The van der Waals surface area contributed by atoms with Crippen LogP contribution in [0.1, 0.15) is 12.8 Å². The number of aliphatic imine (C=N–C) groups is 1. The first kappa shape index (κ1) is 16.3. The Kier molecular flexibility index (Phi) is 5.88. The highest BCUT2D eigenvalue weighted by atomic mass is 127. The first-order chi connectivity index (χ1) is 9.30. The molecule has 0 unspecified atom stereocenters. The maximum atomic E-state index is 6.09. The van der Waals surface area contributed by atoms with Gasteiger partial charge in [-0.25, -0.2) is 0 Å². The lowest BCUT2D eigenvalue weighted by molar-refractivity contribution is 0.0116. The summed E-state index contributed by atoms with van der Waals surface area (Å²) < 4.78 is 10.7. The second kappa shape index (κ2) is 7.24. The number of hydrogen-bond acceptors (Lipinski definition) is 4. The SMILES string of the molecule is I.NC(=NCC1(N2CCOCC2)CC1)N1CCOCC1. The molecule has 0 aromatic carbocycles. The second-order valence-electron chi connectivity index (χ2n) is 5.60. The molecule has 0 bridgehead atoms. The van der Waals surface area contributed by atoms with Crippen LogP contribution in [0.4, 0.5) is 0 Å². The van der Waals surface area contributed by atoms with Crippen LogP contribution in [-0.4, -0.2) is 80.4 Å². The number of hydrogen-bond donors (Lipinski definition) is 1. The van der Waals surface area contributed by atoms with Gasteiger partial charge in [-0.3, -0.25) is 9.89 Å². The van der Waals surface area contributed by atoms with E-state index < -0.39 is 0 Å². The van der Waals surface area contributed by atoms with E-state index in [1.165, 1.54) is 12.8 Å². The topological polar surface area (TPSA) is 63.3 Å². The average molecular weight is 396 g/mol. The third kappa shape index (κ3) is 3.75. The highest BCUT2D eigenvalue weighted by Gasteiger charge is 2.48. The standard InChI is InChI=1S/C13H24N4O2.HI/c14-12(16-3-7-18-8-4-16)15-11-13(1-2-13)17-5-9-19-10-6-17;/h1-11H2,(H2,14,15);1H. The molecule has 2 saturated heterocycles. The molecule has 1 saturated carbocycles. The van der Waals surface area contributed by atoms with Gasteiger partial charge in [0.25, 0.3) is 0 Å². The molecule has 2 heterocycles. The van der Waals surface area contributed by atoms with Crippen LogP contribution in [0.25, 0.3) is 0 Å². The molecule has 0 radical (unpaired) electrons. The summed E-state index contributed by atoms with van der Waals surface area (Å²) in [5.41, 5.74) is 6.37. The van der Waals surface area contributed by atoms with Gasteiger partial charge in [0.1, 0.15) is 0 Å². The highest BCUT2D eigenvalue weighted by Crippen LogP contribution is 2.42. The molecule has 1 aliphatic carbocycles. The minimum atomic E-state index is 0. The van der Waals surface area contributed by atoms with Crippen molar-refractivity contribution in [1.29, 1.82) is 0 Å². The lowest BCUT2D eigenvalue weighted by Crippen LogP contribution is -2.48. The van der Waals surface area contributed by atoms with Crippen LogP contribution in [-0.2, 0) is 9.47 Å². The van der Waals surface area contributed by atoms with Crippen molar-refractivity contribution < 1.29 is 9.47 Å². The van der Waals surface area contributed by atoms with E-state index in [2.05, 4.69) is 14.8 Å². The molecular formula is C13H25IN4O2. The second-order valence-corrected chi connectivity index (χ2v) is 5.60. The Morgan fingerprint density at radius 1 is 1.00 bits per heavy atom. The fourth-order valence-corrected chi connectivity index (χ4v) is 2.88. The summed E-state index contributed by atoms with van der Waals surface area (Å²) >= 11 is 0. The predicted molar refractivity (Wildman–Crippen MR) is 88.7 cm³/mol. The lowest BCUT2D eigenvalue weighted by Gasteiger charge is -2.34. The molecular weight excluding hydrogens is 371 g/mol. The molecule has 0 amide bonds. The van der Waals surface area contributed by atoms with E-state index in [1.54, 1.807) is 0 Å². The van der Waals surface area contributed by atoms with Crippen LogP contribution in [0, 0.1) is 0 Å². The Hall–Kier alpha value is -0.120. The summed E-state index contributed by atoms with van der Waals surface area (Å²) in [6.07, 6.45) is 2.49. The van der Waals surface area contributed by atoms with Crippen molar-refractivity contribution in [2.75, 3.05) is 59.2 Å². The first-order valence-electron chi connectivity index (χ1n) is 7.26. The Labute approximate surface area is 137 Å². The molecule has 7 heteroatoms. The van der Waals surface area contributed by atoms with Crippen molar-refractivity contribution in [3.05, 3.63) is 0 Å². The van der Waals surface area contributed by atoms with Gasteiger partial charge in [-0.1, -0.05) is 0 Å². The number of rotatable bonds is 3. The molecule has 0 aromatic heterocycles. The number of ether oxygens (including phenoxy) is 2. The summed E-state index contributed by atoms with van der Waals surface area (Å²) in [4.78, 5) is 9.30. The third-order valence-corrected chi connectivity index (χ3v) is 4.38. The van der Waals surface area contributed by atoms with Crippen molar-refractivity contribution >= 4 is 29.9 Å². The zero-order valence-corrected chi connectivity index (χ0v) is 14.3. The van der Waals surface area contributed by atoms with Crippen molar-refractivity contribution in [3.8, 4) is 0 Å². The monoisotopic (exact) mass is 396 g/mol. The zero-order chi connectivity index (χ0) is 13.1. The van der Waals surface area contributed by atoms with E-state index in [0.29, 0.717) is 5.96 Å². The summed E-state index contributed by atoms with van der Waals surface area (Å²) in [5.74, 6) is 0.683. The van der Waals surface area contributed by atoms with Gasteiger partial charge in [-0.05, 0) is 12.8 Å². The molecule has 3 rings (SSSR count). The highest BCUT2D eigenvalue weighted by molar-refractivity contribution is 14.0. The van der Waals surface area contributed by atoms with Crippen LogP contribution in [0.5, 0.6) is 0 Å². The van der Waals surface area contributed by atoms with Crippen LogP contribution in [0.2, 0.25) is 0 Å². The Morgan fingerprint density at radius 2 is 1.55 bits per heavy atom. The molecule has 0 aromatic rings. The van der Waals surface area contributed by atoms with E-state index in [9.17, 15) is 0 Å². The molecule has 2 N–H and O–H groups in total. The van der Waals surface area contributed by atoms with Crippen molar-refractivity contribution in [1.82, 2.24) is 9.80 Å². The average Bonchev–Trinajstić information content (AvgIpc) is 3.28. The van der Waals surface area contributed by atoms with Crippen LogP contribution < -0.4 is 5.73 Å². The summed E-state index contributed by atoms with van der Waals surface area (Å²) in [6.45, 7) is 7.83. The normalized spacial score (nSPS) is 27.0. The summed E-state index contributed by atoms with van der Waals surface area (Å²) in [5, 5.41) is 0. The first-order valence-corrected chi connectivity index (χ1v) is 7.26. The number of morpholine rings is 2. The molecule has 3 aliphatic rings. The molecule has 0 spiro atoms. The molecule has 6 nitrogen and oxygen atoms in total. The number of halogens is 1. The predicted octanol–water partition coefficient (Wildman–Crippen LogP) is 0.116. The lowest BCUT2D eigenvalue weighted by atomic mass is 10.2. The van der Waals surface area contributed by atoms with Crippen LogP contribution >= 0.6 is 24.0 Å². The minimum absolute atomic E-state index is 0. The zero-order valence-electron chi connectivity index (χ0n) is 11.9. The number of nitrogens with zero attached hydrogens (tertiary/aromatic N) is 3. The van der Waals surface area contributed by atoms with E-state index in [0.717, 1.165) is 59.2 Å². The van der Waals surface area contributed by atoms with E-state index in [1.807, 2.05) is 0 Å². The van der Waals surface area contributed by atoms with Gasteiger partial charge < -0.3 is 20.1 Å². The summed E-state index contributed by atoms with van der Waals surface area (Å²) in [7, 11) is 0. The molecule has 2 aliphatic heterocycles. The Bertz CT molecular complexity index is 337. The van der Waals surface area contributed by atoms with Crippen LogP contribution in [0.15, 0.2) is 4.99 Å². The van der Waals surface area contributed by atoms with Gasteiger partial charge >= 0.3 is 0 Å². The van der Waals surface area contributed by atoms with Gasteiger partial charge in [-0.2, -0.15) is 0 Å². The molecule has 3 fully saturated rings. The van der Waals surface area contributed by atoms with Gasteiger partial charge in [0, 0.05) is 31.7 Å².